The van der Waals surface area contributed by atoms with Gasteiger partial charge in [0.15, 0.2) is 5.11 Å². The monoisotopic (exact) mass is 440 g/mol. The van der Waals surface area contributed by atoms with Gasteiger partial charge < -0.3 is 5.32 Å². The lowest BCUT2D eigenvalue weighted by atomic mass is 10.2. The van der Waals surface area contributed by atoms with Gasteiger partial charge in [-0.3, -0.25) is 9.69 Å². The summed E-state index contributed by atoms with van der Waals surface area (Å²) in [7, 11) is 0. The zero-order valence-corrected chi connectivity index (χ0v) is 14.9. The third-order valence-electron chi connectivity index (χ3n) is 3.15. The Morgan fingerprint density at radius 2 is 1.95 bits per heavy atom. The molecule has 1 heterocycles. The van der Waals surface area contributed by atoms with Crippen LogP contribution < -0.4 is 10.2 Å². The number of nitrogens with one attached hydrogen (secondary N) is 1. The molecule has 1 fully saturated rings. The number of carbonyl (C=O) groups excluding carboxylic acids is 1. The molecule has 1 saturated heterocycles. The Morgan fingerprint density at radius 1 is 1.18 bits per heavy atom. The molecule has 1 amide bonds. The number of rotatable bonds is 2. The number of hydrogen-bond donors (Lipinski definition) is 1. The molecule has 6 heteroatoms. The number of hydrogen-bond acceptors (Lipinski definition) is 2. The first-order chi connectivity index (χ1) is 10.6. The Hall–Kier alpha value is -1.44. The summed E-state index contributed by atoms with van der Waals surface area (Å²) in [6.07, 6.45) is 1.71. The van der Waals surface area contributed by atoms with Crippen molar-refractivity contribution in [1.82, 2.24) is 5.32 Å². The molecule has 0 atom stereocenters. The number of anilines is 1. The number of halogens is 2. The molecule has 0 bridgehead atoms. The quantitative estimate of drug-likeness (QED) is 0.431. The third kappa shape index (κ3) is 3.02. The SMILES string of the molecule is O=C1/C(=C/c2ccccc2Cl)NC(=S)N1c1cccc(I)c1. The van der Waals surface area contributed by atoms with E-state index in [1.165, 1.54) is 4.90 Å². The minimum absolute atomic E-state index is 0.188. The van der Waals surface area contributed by atoms with Crippen molar-refractivity contribution in [2.45, 2.75) is 0 Å². The fourth-order valence-corrected chi connectivity index (χ4v) is 3.15. The molecule has 0 saturated carbocycles. The third-order valence-corrected chi connectivity index (χ3v) is 4.45. The average molecular weight is 441 g/mol. The van der Waals surface area contributed by atoms with Crippen LogP contribution in [0.1, 0.15) is 5.56 Å². The molecule has 110 valence electrons. The zero-order valence-electron chi connectivity index (χ0n) is 11.2. The van der Waals surface area contributed by atoms with Gasteiger partial charge in [0.05, 0.1) is 5.69 Å². The Bertz CT molecular complexity index is 806. The number of thiocarbonyl (C=S) groups is 1. The van der Waals surface area contributed by atoms with E-state index in [1.807, 2.05) is 42.5 Å². The highest BCUT2D eigenvalue weighted by Crippen LogP contribution is 2.25. The van der Waals surface area contributed by atoms with Crippen LogP contribution in [-0.2, 0) is 4.79 Å². The van der Waals surface area contributed by atoms with E-state index in [-0.39, 0.29) is 5.91 Å². The van der Waals surface area contributed by atoms with Crippen molar-refractivity contribution in [2.24, 2.45) is 0 Å². The maximum atomic E-state index is 12.6. The highest BCUT2D eigenvalue weighted by atomic mass is 127. The van der Waals surface area contributed by atoms with Crippen molar-refractivity contribution < 1.29 is 4.79 Å². The highest BCUT2D eigenvalue weighted by molar-refractivity contribution is 14.1. The first-order valence-corrected chi connectivity index (χ1v) is 8.30. The first-order valence-electron chi connectivity index (χ1n) is 6.43. The normalized spacial score (nSPS) is 16.3. The molecule has 1 aliphatic heterocycles. The van der Waals surface area contributed by atoms with E-state index >= 15 is 0 Å². The van der Waals surface area contributed by atoms with Gasteiger partial charge >= 0.3 is 0 Å². The fourth-order valence-electron chi connectivity index (χ4n) is 2.13. The lowest BCUT2D eigenvalue weighted by molar-refractivity contribution is -0.113. The minimum atomic E-state index is -0.188. The molecule has 2 aromatic carbocycles. The standard InChI is InChI=1S/C16H10ClIN2OS/c17-13-7-2-1-4-10(13)8-14-15(21)20(16(22)19-14)12-6-3-5-11(18)9-12/h1-9H,(H,19,22)/b14-8-. The van der Waals surface area contributed by atoms with Crippen molar-refractivity contribution in [3.63, 3.8) is 0 Å². The summed E-state index contributed by atoms with van der Waals surface area (Å²) < 4.78 is 1.04. The van der Waals surface area contributed by atoms with Gasteiger partial charge in [0, 0.05) is 8.59 Å². The largest absolute Gasteiger partial charge is 0.327 e. The molecule has 0 aliphatic carbocycles. The molecule has 1 aliphatic rings. The van der Waals surface area contributed by atoms with Gasteiger partial charge in [-0.05, 0) is 70.7 Å². The molecule has 3 rings (SSSR count). The minimum Gasteiger partial charge on any atom is -0.327 e. The van der Waals surface area contributed by atoms with Crippen molar-refractivity contribution in [1.29, 1.82) is 0 Å². The molecular formula is C16H10ClIN2OS. The molecule has 1 N–H and O–H groups in total. The summed E-state index contributed by atoms with van der Waals surface area (Å²) in [5.41, 5.74) is 1.93. The number of benzene rings is 2. The van der Waals surface area contributed by atoms with E-state index < -0.39 is 0 Å². The van der Waals surface area contributed by atoms with Crippen LogP contribution in [0.15, 0.2) is 54.2 Å². The second-order valence-corrected chi connectivity index (χ2v) is 6.67. The molecule has 22 heavy (non-hydrogen) atoms. The average Bonchev–Trinajstić information content (AvgIpc) is 2.76. The van der Waals surface area contributed by atoms with E-state index in [2.05, 4.69) is 27.9 Å². The number of amides is 1. The summed E-state index contributed by atoms with van der Waals surface area (Å²) in [5.74, 6) is -0.188. The molecule has 0 spiro atoms. The van der Waals surface area contributed by atoms with Crippen LogP contribution in [0.3, 0.4) is 0 Å². The Labute approximate surface area is 152 Å². The van der Waals surface area contributed by atoms with Gasteiger partial charge in [-0.15, -0.1) is 0 Å². The van der Waals surface area contributed by atoms with Crippen LogP contribution >= 0.6 is 46.4 Å². The smallest absolute Gasteiger partial charge is 0.281 e. The van der Waals surface area contributed by atoms with E-state index in [0.29, 0.717) is 15.8 Å². The van der Waals surface area contributed by atoms with Gasteiger partial charge in [0.25, 0.3) is 5.91 Å². The van der Waals surface area contributed by atoms with Gasteiger partial charge in [-0.1, -0.05) is 35.9 Å². The zero-order chi connectivity index (χ0) is 15.7. The van der Waals surface area contributed by atoms with Gasteiger partial charge in [-0.25, -0.2) is 0 Å². The van der Waals surface area contributed by atoms with Crippen LogP contribution in [0.2, 0.25) is 5.02 Å². The van der Waals surface area contributed by atoms with Crippen molar-refractivity contribution in [3.05, 3.63) is 68.4 Å². The fraction of sp³-hybridized carbons (Fsp3) is 0. The van der Waals surface area contributed by atoms with E-state index in [4.69, 9.17) is 23.8 Å². The Balaban J connectivity index is 1.97. The lowest BCUT2D eigenvalue weighted by Crippen LogP contribution is -2.30. The van der Waals surface area contributed by atoms with Crippen LogP contribution in [-0.4, -0.2) is 11.0 Å². The van der Waals surface area contributed by atoms with Crippen molar-refractivity contribution in [3.8, 4) is 0 Å². The number of nitrogens with zero attached hydrogens (tertiary/aromatic N) is 1. The predicted octanol–water partition coefficient (Wildman–Crippen LogP) is 4.21. The van der Waals surface area contributed by atoms with E-state index in [0.717, 1.165) is 14.8 Å². The Kier molecular flexibility index (Phi) is 4.46. The highest BCUT2D eigenvalue weighted by Gasteiger charge is 2.32. The summed E-state index contributed by atoms with van der Waals surface area (Å²) in [6, 6.07) is 15.0. The molecular weight excluding hydrogens is 431 g/mol. The molecule has 3 nitrogen and oxygen atoms in total. The summed E-state index contributed by atoms with van der Waals surface area (Å²) in [5, 5.41) is 3.91. The molecule has 0 aromatic heterocycles. The Morgan fingerprint density at radius 3 is 2.68 bits per heavy atom. The topological polar surface area (TPSA) is 32.3 Å². The maximum absolute atomic E-state index is 12.6. The van der Waals surface area contributed by atoms with Crippen LogP contribution in [0.4, 0.5) is 5.69 Å². The molecule has 0 unspecified atom stereocenters. The molecule has 0 radical (unpaired) electrons. The lowest BCUT2D eigenvalue weighted by Gasteiger charge is -2.14. The first kappa shape index (κ1) is 15.5. The molecule has 2 aromatic rings. The van der Waals surface area contributed by atoms with Gasteiger partial charge in [-0.2, -0.15) is 0 Å². The summed E-state index contributed by atoms with van der Waals surface area (Å²) >= 11 is 13.6. The summed E-state index contributed by atoms with van der Waals surface area (Å²) in [4.78, 5) is 14.1. The van der Waals surface area contributed by atoms with Crippen LogP contribution in [0.25, 0.3) is 6.08 Å². The number of carbonyl (C=O) groups is 1. The summed E-state index contributed by atoms with van der Waals surface area (Å²) in [6.45, 7) is 0. The van der Waals surface area contributed by atoms with Crippen LogP contribution in [0, 0.1) is 3.57 Å². The predicted molar refractivity (Wildman–Crippen MR) is 102 cm³/mol. The van der Waals surface area contributed by atoms with Crippen LogP contribution in [0.5, 0.6) is 0 Å². The van der Waals surface area contributed by atoms with Gasteiger partial charge in [0.1, 0.15) is 5.70 Å². The maximum Gasteiger partial charge on any atom is 0.281 e. The van der Waals surface area contributed by atoms with Gasteiger partial charge in [0.2, 0.25) is 0 Å². The van der Waals surface area contributed by atoms with Crippen molar-refractivity contribution >= 4 is 69.2 Å². The van der Waals surface area contributed by atoms with E-state index in [9.17, 15) is 4.79 Å². The van der Waals surface area contributed by atoms with E-state index in [1.54, 1.807) is 12.1 Å². The van der Waals surface area contributed by atoms with Crippen molar-refractivity contribution in [2.75, 3.05) is 4.90 Å². The second kappa shape index (κ2) is 6.36. The second-order valence-electron chi connectivity index (χ2n) is 4.63.